The molecular weight excluding hydrogens is 268 g/mol. The van der Waals surface area contributed by atoms with Crippen LogP contribution < -0.4 is 5.56 Å². The lowest BCUT2D eigenvalue weighted by molar-refractivity contribution is 0.184. The lowest BCUT2D eigenvalue weighted by Crippen LogP contribution is -2.17. The second-order valence-corrected chi connectivity index (χ2v) is 4.53. The maximum Gasteiger partial charge on any atom is 0.280 e. The fourth-order valence-electron chi connectivity index (χ4n) is 2.07. The first-order valence-corrected chi connectivity index (χ1v) is 6.44. The summed E-state index contributed by atoms with van der Waals surface area (Å²) in [4.78, 5) is 20.7. The van der Waals surface area contributed by atoms with Gasteiger partial charge in [-0.3, -0.25) is 14.9 Å². The van der Waals surface area contributed by atoms with E-state index < -0.39 is 0 Å². The van der Waals surface area contributed by atoms with E-state index in [0.717, 1.165) is 11.1 Å². The van der Waals surface area contributed by atoms with Gasteiger partial charge in [0.1, 0.15) is 0 Å². The van der Waals surface area contributed by atoms with Gasteiger partial charge in [0.05, 0.1) is 12.2 Å². The number of aromatic amines is 1. The molecule has 0 bridgehead atoms. The van der Waals surface area contributed by atoms with Crippen molar-refractivity contribution in [1.29, 1.82) is 0 Å². The maximum atomic E-state index is 12.4. The van der Waals surface area contributed by atoms with Crippen LogP contribution in [0.25, 0.3) is 16.9 Å². The monoisotopic (exact) mass is 282 g/mol. The van der Waals surface area contributed by atoms with Gasteiger partial charge in [-0.2, -0.15) is 0 Å². The molecule has 3 aromatic heterocycles. The molecule has 3 aromatic rings. The highest BCUT2D eigenvalue weighted by atomic mass is 16.5. The van der Waals surface area contributed by atoms with Crippen LogP contribution in [0.2, 0.25) is 0 Å². The van der Waals surface area contributed by atoms with Gasteiger partial charge >= 0.3 is 0 Å². The van der Waals surface area contributed by atoms with E-state index in [1.165, 1.54) is 4.68 Å². The van der Waals surface area contributed by atoms with Crippen LogP contribution in [0.5, 0.6) is 0 Å². The van der Waals surface area contributed by atoms with Crippen LogP contribution in [-0.2, 0) is 11.3 Å². The van der Waals surface area contributed by atoms with E-state index in [-0.39, 0.29) is 5.56 Å². The van der Waals surface area contributed by atoms with Gasteiger partial charge in [0.2, 0.25) is 0 Å². The highest BCUT2D eigenvalue weighted by Gasteiger charge is 2.10. The molecule has 0 saturated carbocycles. The number of methoxy groups -OCH3 is 1. The Hall–Kier alpha value is -2.73. The Morgan fingerprint density at radius 1 is 1.29 bits per heavy atom. The van der Waals surface area contributed by atoms with Gasteiger partial charge in [0.15, 0.2) is 5.82 Å². The Labute approximate surface area is 121 Å². The average Bonchev–Trinajstić information content (AvgIpc) is 2.91. The lowest BCUT2D eigenvalue weighted by atomic mass is 10.2. The number of nitrogens with one attached hydrogen (secondary N) is 1. The van der Waals surface area contributed by atoms with Crippen molar-refractivity contribution in [2.24, 2.45) is 0 Å². The highest BCUT2D eigenvalue weighted by molar-refractivity contribution is 5.60. The predicted octanol–water partition coefficient (Wildman–Crippen LogP) is 1.77. The zero-order valence-corrected chi connectivity index (χ0v) is 11.5. The van der Waals surface area contributed by atoms with Crippen LogP contribution in [-0.4, -0.2) is 26.9 Å². The minimum absolute atomic E-state index is 0.157. The van der Waals surface area contributed by atoms with Crippen molar-refractivity contribution in [1.82, 2.24) is 19.7 Å². The Bertz CT molecular complexity index is 775. The SMILES string of the molecule is COCc1ccc(-n2[nH]cc(-c3cccnc3)c2=O)nc1. The van der Waals surface area contributed by atoms with Gasteiger partial charge in [-0.25, -0.2) is 9.67 Å². The molecule has 0 amide bonds. The quantitative estimate of drug-likeness (QED) is 0.791. The van der Waals surface area contributed by atoms with Crippen molar-refractivity contribution in [3.63, 3.8) is 0 Å². The zero-order chi connectivity index (χ0) is 14.7. The van der Waals surface area contributed by atoms with Gasteiger partial charge in [-0.15, -0.1) is 0 Å². The van der Waals surface area contributed by atoms with Crippen molar-refractivity contribution in [3.05, 3.63) is 65.0 Å². The van der Waals surface area contributed by atoms with Gasteiger partial charge in [-0.05, 0) is 17.7 Å². The second-order valence-electron chi connectivity index (χ2n) is 4.53. The average molecular weight is 282 g/mol. The van der Waals surface area contributed by atoms with E-state index in [0.29, 0.717) is 18.0 Å². The molecule has 0 aliphatic rings. The summed E-state index contributed by atoms with van der Waals surface area (Å²) in [6.45, 7) is 0.494. The Morgan fingerprint density at radius 2 is 2.19 bits per heavy atom. The van der Waals surface area contributed by atoms with Crippen LogP contribution >= 0.6 is 0 Å². The van der Waals surface area contributed by atoms with Crippen LogP contribution in [0, 0.1) is 0 Å². The van der Waals surface area contributed by atoms with Gasteiger partial charge in [-0.1, -0.05) is 12.1 Å². The Kier molecular flexibility index (Phi) is 3.61. The fraction of sp³-hybridized carbons (Fsp3) is 0.133. The molecule has 6 heteroatoms. The number of hydrogen-bond donors (Lipinski definition) is 1. The summed E-state index contributed by atoms with van der Waals surface area (Å²) in [5, 5.41) is 2.92. The smallest absolute Gasteiger partial charge is 0.280 e. The molecular formula is C15H14N4O2. The first-order chi connectivity index (χ1) is 10.3. The molecule has 0 atom stereocenters. The van der Waals surface area contributed by atoms with Gasteiger partial charge in [0, 0.05) is 37.5 Å². The molecule has 106 valence electrons. The normalized spacial score (nSPS) is 10.7. The predicted molar refractivity (Wildman–Crippen MR) is 78.1 cm³/mol. The summed E-state index contributed by atoms with van der Waals surface area (Å²) in [7, 11) is 1.63. The fourth-order valence-corrected chi connectivity index (χ4v) is 2.07. The molecule has 0 spiro atoms. The highest BCUT2D eigenvalue weighted by Crippen LogP contribution is 2.13. The summed E-state index contributed by atoms with van der Waals surface area (Å²) in [5.41, 5.74) is 2.13. The summed E-state index contributed by atoms with van der Waals surface area (Å²) in [6, 6.07) is 7.29. The third-order valence-electron chi connectivity index (χ3n) is 3.09. The van der Waals surface area contributed by atoms with Crippen LogP contribution in [0.15, 0.2) is 53.8 Å². The largest absolute Gasteiger partial charge is 0.380 e. The number of hydrogen-bond acceptors (Lipinski definition) is 4. The molecule has 3 rings (SSSR count). The van der Waals surface area contributed by atoms with Crippen molar-refractivity contribution in [3.8, 4) is 16.9 Å². The third kappa shape index (κ3) is 2.61. The van der Waals surface area contributed by atoms with Crippen molar-refractivity contribution < 1.29 is 4.74 Å². The van der Waals surface area contributed by atoms with Crippen LogP contribution in [0.1, 0.15) is 5.56 Å². The maximum absolute atomic E-state index is 12.4. The van der Waals surface area contributed by atoms with Crippen molar-refractivity contribution in [2.45, 2.75) is 6.61 Å². The molecule has 0 fully saturated rings. The second kappa shape index (κ2) is 5.72. The topological polar surface area (TPSA) is 72.8 Å². The third-order valence-corrected chi connectivity index (χ3v) is 3.09. The Balaban J connectivity index is 1.97. The minimum atomic E-state index is -0.157. The number of H-pyrrole nitrogens is 1. The Morgan fingerprint density at radius 3 is 2.86 bits per heavy atom. The van der Waals surface area contributed by atoms with Gasteiger partial charge < -0.3 is 4.74 Å². The number of pyridine rings is 2. The first kappa shape index (κ1) is 13.3. The number of nitrogens with zero attached hydrogens (tertiary/aromatic N) is 3. The summed E-state index contributed by atoms with van der Waals surface area (Å²) in [6.07, 6.45) is 6.68. The number of rotatable bonds is 4. The molecule has 0 aliphatic carbocycles. The first-order valence-electron chi connectivity index (χ1n) is 6.44. The standard InChI is InChI=1S/C15H14N4O2/c1-21-10-11-4-5-14(17-7-11)19-15(20)13(9-18-19)12-3-2-6-16-8-12/h2-9,18H,10H2,1H3. The van der Waals surface area contributed by atoms with E-state index in [9.17, 15) is 4.79 Å². The molecule has 3 heterocycles. The molecule has 6 nitrogen and oxygen atoms in total. The molecule has 0 unspecified atom stereocenters. The number of aromatic nitrogens is 4. The summed E-state index contributed by atoms with van der Waals surface area (Å²) < 4.78 is 6.44. The van der Waals surface area contributed by atoms with Crippen molar-refractivity contribution >= 4 is 0 Å². The van der Waals surface area contributed by atoms with E-state index >= 15 is 0 Å². The molecule has 21 heavy (non-hydrogen) atoms. The molecule has 0 radical (unpaired) electrons. The van der Waals surface area contributed by atoms with Crippen molar-refractivity contribution in [2.75, 3.05) is 7.11 Å². The number of ether oxygens (including phenoxy) is 1. The van der Waals surface area contributed by atoms with Gasteiger partial charge in [0.25, 0.3) is 5.56 Å². The van der Waals surface area contributed by atoms with E-state index in [1.54, 1.807) is 44.0 Å². The van der Waals surface area contributed by atoms with Crippen LogP contribution in [0.4, 0.5) is 0 Å². The summed E-state index contributed by atoms with van der Waals surface area (Å²) in [5.74, 6) is 0.537. The van der Waals surface area contributed by atoms with E-state index in [4.69, 9.17) is 4.74 Å². The lowest BCUT2D eigenvalue weighted by Gasteiger charge is -2.02. The van der Waals surface area contributed by atoms with E-state index in [1.807, 2.05) is 12.1 Å². The zero-order valence-electron chi connectivity index (χ0n) is 11.5. The summed E-state index contributed by atoms with van der Waals surface area (Å²) >= 11 is 0. The van der Waals surface area contributed by atoms with E-state index in [2.05, 4.69) is 15.1 Å². The molecule has 0 aliphatic heterocycles. The van der Waals surface area contributed by atoms with Crippen LogP contribution in [0.3, 0.4) is 0 Å². The minimum Gasteiger partial charge on any atom is -0.380 e. The molecule has 0 aromatic carbocycles. The molecule has 1 N–H and O–H groups in total. The molecule has 0 saturated heterocycles.